The molecule has 1 aromatic rings. The van der Waals surface area contributed by atoms with E-state index in [1.165, 1.54) is 0 Å². The van der Waals surface area contributed by atoms with Crippen LogP contribution in [0.15, 0.2) is 18.2 Å². The standard InChI is InChI=1S/C15H20BNO3/c1-14(2)15(3,4)20-16(19-14)13-7-11(9-17)6-12(8-13)10-18-5/h6-8H,10H2,1-5H3. The molecule has 0 aromatic heterocycles. The zero-order valence-electron chi connectivity index (χ0n) is 12.7. The Morgan fingerprint density at radius 1 is 1.15 bits per heavy atom. The van der Waals surface area contributed by atoms with Crippen LogP contribution in [0.1, 0.15) is 38.8 Å². The zero-order chi connectivity index (χ0) is 15.0. The molecule has 1 aromatic carbocycles. The van der Waals surface area contributed by atoms with Crippen molar-refractivity contribution in [1.29, 1.82) is 5.26 Å². The van der Waals surface area contributed by atoms with Crippen LogP contribution in [0.5, 0.6) is 0 Å². The molecule has 5 heteroatoms. The second-order valence-corrected chi connectivity index (χ2v) is 6.10. The molecular weight excluding hydrogens is 253 g/mol. The van der Waals surface area contributed by atoms with E-state index in [1.54, 1.807) is 13.2 Å². The molecule has 0 N–H and O–H groups in total. The summed E-state index contributed by atoms with van der Waals surface area (Å²) in [6.45, 7) is 8.50. The summed E-state index contributed by atoms with van der Waals surface area (Å²) in [5.41, 5.74) is 1.61. The first kappa shape index (κ1) is 15.1. The van der Waals surface area contributed by atoms with Crippen LogP contribution in [0, 0.1) is 11.3 Å². The van der Waals surface area contributed by atoms with Crippen LogP contribution in [-0.2, 0) is 20.7 Å². The second-order valence-electron chi connectivity index (χ2n) is 6.10. The lowest BCUT2D eigenvalue weighted by molar-refractivity contribution is 0.00578. The molecule has 0 atom stereocenters. The molecule has 0 aliphatic carbocycles. The molecule has 106 valence electrons. The molecule has 0 amide bonds. The average molecular weight is 273 g/mol. The van der Waals surface area contributed by atoms with Gasteiger partial charge < -0.3 is 14.0 Å². The van der Waals surface area contributed by atoms with E-state index >= 15 is 0 Å². The minimum Gasteiger partial charge on any atom is -0.399 e. The first-order valence-corrected chi connectivity index (χ1v) is 6.67. The van der Waals surface area contributed by atoms with Gasteiger partial charge in [-0.1, -0.05) is 6.07 Å². The summed E-state index contributed by atoms with van der Waals surface area (Å²) in [5, 5.41) is 9.13. The summed E-state index contributed by atoms with van der Waals surface area (Å²) in [6, 6.07) is 7.75. The highest BCUT2D eigenvalue weighted by Crippen LogP contribution is 2.36. The van der Waals surface area contributed by atoms with Crippen molar-refractivity contribution in [3.05, 3.63) is 29.3 Å². The van der Waals surface area contributed by atoms with Crippen LogP contribution in [0.4, 0.5) is 0 Å². The molecule has 0 radical (unpaired) electrons. The highest BCUT2D eigenvalue weighted by atomic mass is 16.7. The zero-order valence-corrected chi connectivity index (χ0v) is 12.7. The Morgan fingerprint density at radius 3 is 2.25 bits per heavy atom. The molecule has 0 bridgehead atoms. The van der Waals surface area contributed by atoms with Gasteiger partial charge in [-0.25, -0.2) is 0 Å². The van der Waals surface area contributed by atoms with E-state index in [0.717, 1.165) is 11.0 Å². The van der Waals surface area contributed by atoms with E-state index in [0.29, 0.717) is 12.2 Å². The maximum Gasteiger partial charge on any atom is 0.494 e. The number of benzene rings is 1. The number of methoxy groups -OCH3 is 1. The number of rotatable bonds is 3. The van der Waals surface area contributed by atoms with Gasteiger partial charge in [-0.2, -0.15) is 5.26 Å². The normalized spacial score (nSPS) is 19.9. The molecule has 1 heterocycles. The summed E-state index contributed by atoms with van der Waals surface area (Å²) in [4.78, 5) is 0. The summed E-state index contributed by atoms with van der Waals surface area (Å²) >= 11 is 0. The SMILES string of the molecule is COCc1cc(C#N)cc(B2OC(C)(C)C(C)(C)O2)c1. The van der Waals surface area contributed by atoms with Crippen molar-refractivity contribution < 1.29 is 14.0 Å². The number of hydrogen-bond donors (Lipinski definition) is 0. The Morgan fingerprint density at radius 2 is 1.75 bits per heavy atom. The lowest BCUT2D eigenvalue weighted by Gasteiger charge is -2.32. The molecule has 1 saturated heterocycles. The molecule has 0 spiro atoms. The number of ether oxygens (including phenoxy) is 1. The predicted octanol–water partition coefficient (Wildman–Crippen LogP) is 2.00. The predicted molar refractivity (Wildman–Crippen MR) is 77.6 cm³/mol. The topological polar surface area (TPSA) is 51.5 Å². The fourth-order valence-corrected chi connectivity index (χ4v) is 2.15. The molecule has 0 saturated carbocycles. The number of hydrogen-bond acceptors (Lipinski definition) is 4. The second kappa shape index (κ2) is 5.21. The summed E-state index contributed by atoms with van der Waals surface area (Å²) in [7, 11) is 1.18. The molecule has 0 unspecified atom stereocenters. The maximum atomic E-state index is 9.13. The van der Waals surface area contributed by atoms with Crippen molar-refractivity contribution in [3.8, 4) is 6.07 Å². The van der Waals surface area contributed by atoms with E-state index in [-0.39, 0.29) is 11.2 Å². The van der Waals surface area contributed by atoms with E-state index in [2.05, 4.69) is 6.07 Å². The Kier molecular flexibility index (Phi) is 3.92. The Labute approximate surface area is 120 Å². The van der Waals surface area contributed by atoms with Gasteiger partial charge in [0, 0.05) is 7.11 Å². The fraction of sp³-hybridized carbons (Fsp3) is 0.533. The van der Waals surface area contributed by atoms with Gasteiger partial charge in [0.1, 0.15) is 0 Å². The quantitative estimate of drug-likeness (QED) is 0.790. The molecule has 1 fully saturated rings. The first-order chi connectivity index (χ1) is 9.29. The Hall–Kier alpha value is -1.35. The van der Waals surface area contributed by atoms with Crippen molar-refractivity contribution in [3.63, 3.8) is 0 Å². The van der Waals surface area contributed by atoms with Crippen molar-refractivity contribution in [1.82, 2.24) is 0 Å². The molecule has 2 rings (SSSR count). The van der Waals surface area contributed by atoms with Gasteiger partial charge in [-0.15, -0.1) is 0 Å². The van der Waals surface area contributed by atoms with E-state index < -0.39 is 7.12 Å². The summed E-state index contributed by atoms with van der Waals surface area (Å²) in [5.74, 6) is 0. The van der Waals surface area contributed by atoms with Crippen LogP contribution >= 0.6 is 0 Å². The van der Waals surface area contributed by atoms with Gasteiger partial charge in [0.2, 0.25) is 0 Å². The first-order valence-electron chi connectivity index (χ1n) is 6.67. The largest absolute Gasteiger partial charge is 0.494 e. The van der Waals surface area contributed by atoms with Gasteiger partial charge >= 0.3 is 7.12 Å². The van der Waals surface area contributed by atoms with Crippen molar-refractivity contribution in [2.24, 2.45) is 0 Å². The maximum absolute atomic E-state index is 9.13. The van der Waals surface area contributed by atoms with Crippen LogP contribution in [0.25, 0.3) is 0 Å². The molecule has 1 aliphatic heterocycles. The van der Waals surface area contributed by atoms with Crippen molar-refractivity contribution in [2.75, 3.05) is 7.11 Å². The molecular formula is C15H20BNO3. The van der Waals surface area contributed by atoms with E-state index in [1.807, 2.05) is 39.8 Å². The van der Waals surface area contributed by atoms with Crippen LogP contribution in [0.3, 0.4) is 0 Å². The number of nitriles is 1. The molecule has 1 aliphatic rings. The lowest BCUT2D eigenvalue weighted by Crippen LogP contribution is -2.41. The van der Waals surface area contributed by atoms with Gasteiger partial charge in [0.05, 0.1) is 29.4 Å². The van der Waals surface area contributed by atoms with Crippen LogP contribution in [0.2, 0.25) is 0 Å². The summed E-state index contributed by atoms with van der Waals surface area (Å²) < 4.78 is 17.2. The van der Waals surface area contributed by atoms with Crippen LogP contribution < -0.4 is 5.46 Å². The van der Waals surface area contributed by atoms with E-state index in [9.17, 15) is 0 Å². The fourth-order valence-electron chi connectivity index (χ4n) is 2.15. The number of nitrogens with zero attached hydrogens (tertiary/aromatic N) is 1. The Bertz CT molecular complexity index is 533. The van der Waals surface area contributed by atoms with Gasteiger partial charge in [0.15, 0.2) is 0 Å². The third kappa shape index (κ3) is 2.73. The van der Waals surface area contributed by atoms with Crippen LogP contribution in [-0.4, -0.2) is 25.4 Å². The summed E-state index contributed by atoms with van der Waals surface area (Å²) in [6.07, 6.45) is 0. The smallest absolute Gasteiger partial charge is 0.399 e. The Balaban J connectivity index is 2.35. The monoisotopic (exact) mass is 273 g/mol. The lowest BCUT2D eigenvalue weighted by atomic mass is 9.77. The van der Waals surface area contributed by atoms with Gasteiger partial charge in [-0.05, 0) is 50.9 Å². The highest BCUT2D eigenvalue weighted by Gasteiger charge is 2.51. The third-order valence-corrected chi connectivity index (χ3v) is 3.98. The highest BCUT2D eigenvalue weighted by molar-refractivity contribution is 6.62. The molecule has 4 nitrogen and oxygen atoms in total. The molecule has 20 heavy (non-hydrogen) atoms. The van der Waals surface area contributed by atoms with Gasteiger partial charge in [-0.3, -0.25) is 0 Å². The minimum absolute atomic E-state index is 0.387. The van der Waals surface area contributed by atoms with E-state index in [4.69, 9.17) is 19.3 Å². The van der Waals surface area contributed by atoms with Gasteiger partial charge in [0.25, 0.3) is 0 Å². The van der Waals surface area contributed by atoms with Crippen molar-refractivity contribution in [2.45, 2.75) is 45.5 Å². The average Bonchev–Trinajstić information content (AvgIpc) is 2.58. The van der Waals surface area contributed by atoms with Crippen molar-refractivity contribution >= 4 is 12.6 Å². The third-order valence-electron chi connectivity index (χ3n) is 3.98. The minimum atomic E-state index is -0.455.